The maximum atomic E-state index is 12.4. The summed E-state index contributed by atoms with van der Waals surface area (Å²) in [5.41, 5.74) is 1.63. The van der Waals surface area contributed by atoms with Crippen LogP contribution in [0.3, 0.4) is 0 Å². The Kier molecular flexibility index (Phi) is 7.88. The van der Waals surface area contributed by atoms with Crippen LogP contribution in [-0.2, 0) is 0 Å². The molecule has 118 valence electrons. The molecule has 0 radical (unpaired) electrons. The Morgan fingerprint density at radius 2 is 1.81 bits per heavy atom. The number of carbonyl (C=O) groups excluding carboxylic acids is 1. The van der Waals surface area contributed by atoms with Crippen LogP contribution in [0.25, 0.3) is 0 Å². The van der Waals surface area contributed by atoms with Crippen molar-refractivity contribution in [2.75, 3.05) is 5.32 Å². The van der Waals surface area contributed by atoms with Gasteiger partial charge in [0.25, 0.3) is 5.91 Å². The second kappa shape index (κ2) is 9.43. The molecular weight excluding hydrogens is 260 g/mol. The van der Waals surface area contributed by atoms with Gasteiger partial charge in [0.2, 0.25) is 0 Å². The average Bonchev–Trinajstić information content (AvgIpc) is 2.43. The van der Waals surface area contributed by atoms with E-state index in [1.165, 1.54) is 25.7 Å². The number of hydrogen-bond donors (Lipinski definition) is 2. The Bertz CT molecular complexity index is 429. The van der Waals surface area contributed by atoms with Crippen LogP contribution in [0.4, 0.5) is 5.69 Å². The number of unbranched alkanes of at least 4 members (excludes halogenated alkanes) is 3. The van der Waals surface area contributed by atoms with Crippen LogP contribution in [-0.4, -0.2) is 18.0 Å². The molecule has 0 aliphatic carbocycles. The third-order valence-electron chi connectivity index (χ3n) is 3.48. The van der Waals surface area contributed by atoms with Crippen molar-refractivity contribution >= 4 is 11.6 Å². The molecule has 1 amide bonds. The normalized spacial score (nSPS) is 12.2. The van der Waals surface area contributed by atoms with E-state index in [9.17, 15) is 4.79 Å². The molecule has 3 heteroatoms. The van der Waals surface area contributed by atoms with Gasteiger partial charge >= 0.3 is 0 Å². The zero-order valence-electron chi connectivity index (χ0n) is 13.9. The van der Waals surface area contributed by atoms with Gasteiger partial charge in [-0.3, -0.25) is 4.79 Å². The highest BCUT2D eigenvalue weighted by molar-refractivity contribution is 5.99. The summed E-state index contributed by atoms with van der Waals surface area (Å²) in [6.45, 7) is 8.45. The molecule has 0 bridgehead atoms. The molecule has 0 heterocycles. The van der Waals surface area contributed by atoms with E-state index in [1.807, 2.05) is 24.3 Å². The molecule has 0 saturated heterocycles. The number of amides is 1. The molecule has 1 atom stereocenters. The standard InChI is InChI=1S/C18H30N2O/c1-5-6-7-8-11-15(4)20-18(21)16-12-9-10-13-17(16)19-14(2)3/h9-10,12-15,19H,5-8,11H2,1-4H3,(H,20,21). The average molecular weight is 290 g/mol. The monoisotopic (exact) mass is 290 g/mol. The lowest BCUT2D eigenvalue weighted by atomic mass is 10.1. The summed E-state index contributed by atoms with van der Waals surface area (Å²) >= 11 is 0. The van der Waals surface area contributed by atoms with Crippen molar-refractivity contribution in [2.45, 2.75) is 71.9 Å². The van der Waals surface area contributed by atoms with Crippen molar-refractivity contribution in [3.05, 3.63) is 29.8 Å². The van der Waals surface area contributed by atoms with Crippen LogP contribution in [0, 0.1) is 0 Å². The van der Waals surface area contributed by atoms with Gasteiger partial charge in [0.05, 0.1) is 5.56 Å². The highest BCUT2D eigenvalue weighted by Gasteiger charge is 2.13. The Morgan fingerprint density at radius 3 is 2.48 bits per heavy atom. The molecule has 1 aromatic rings. The first-order valence-electron chi connectivity index (χ1n) is 8.21. The molecule has 0 aromatic heterocycles. The minimum atomic E-state index is 0.0155. The van der Waals surface area contributed by atoms with Gasteiger partial charge in [-0.2, -0.15) is 0 Å². The van der Waals surface area contributed by atoms with Crippen LogP contribution in [0.2, 0.25) is 0 Å². The highest BCUT2D eigenvalue weighted by atomic mass is 16.1. The van der Waals surface area contributed by atoms with Crippen LogP contribution in [0.1, 0.15) is 70.2 Å². The van der Waals surface area contributed by atoms with Crippen LogP contribution >= 0.6 is 0 Å². The van der Waals surface area contributed by atoms with Crippen molar-refractivity contribution in [1.82, 2.24) is 5.32 Å². The number of benzene rings is 1. The lowest BCUT2D eigenvalue weighted by molar-refractivity contribution is 0.0938. The summed E-state index contributed by atoms with van der Waals surface area (Å²) in [6.07, 6.45) is 6.01. The SMILES string of the molecule is CCCCCCC(C)NC(=O)c1ccccc1NC(C)C. The predicted molar refractivity (Wildman–Crippen MR) is 90.9 cm³/mol. The lowest BCUT2D eigenvalue weighted by Gasteiger charge is -2.17. The van der Waals surface area contributed by atoms with Crippen LogP contribution in [0.5, 0.6) is 0 Å². The number of carbonyl (C=O) groups is 1. The molecule has 0 saturated carbocycles. The quantitative estimate of drug-likeness (QED) is 0.653. The molecular formula is C18H30N2O. The molecule has 0 spiro atoms. The minimum Gasteiger partial charge on any atom is -0.382 e. The van der Waals surface area contributed by atoms with Gasteiger partial charge in [0.15, 0.2) is 0 Å². The summed E-state index contributed by atoms with van der Waals surface area (Å²) in [6, 6.07) is 8.24. The smallest absolute Gasteiger partial charge is 0.253 e. The Hall–Kier alpha value is -1.51. The fraction of sp³-hybridized carbons (Fsp3) is 0.611. The van der Waals surface area contributed by atoms with E-state index in [0.29, 0.717) is 6.04 Å². The maximum Gasteiger partial charge on any atom is 0.253 e. The van der Waals surface area contributed by atoms with Crippen molar-refractivity contribution in [1.29, 1.82) is 0 Å². The molecule has 3 nitrogen and oxygen atoms in total. The molecule has 21 heavy (non-hydrogen) atoms. The molecule has 1 unspecified atom stereocenters. The van der Waals surface area contributed by atoms with E-state index >= 15 is 0 Å². The van der Waals surface area contributed by atoms with Gasteiger partial charge in [0.1, 0.15) is 0 Å². The van der Waals surface area contributed by atoms with Crippen LogP contribution in [0.15, 0.2) is 24.3 Å². The molecule has 0 fully saturated rings. The summed E-state index contributed by atoms with van der Waals surface area (Å²) in [7, 11) is 0. The van der Waals surface area contributed by atoms with Gasteiger partial charge in [-0.25, -0.2) is 0 Å². The molecule has 2 N–H and O–H groups in total. The van der Waals surface area contributed by atoms with Crippen molar-refractivity contribution in [3.8, 4) is 0 Å². The van der Waals surface area contributed by atoms with Gasteiger partial charge in [-0.1, -0.05) is 44.7 Å². The maximum absolute atomic E-state index is 12.4. The Labute approximate surface area is 129 Å². The number of hydrogen-bond acceptors (Lipinski definition) is 2. The van der Waals surface area contributed by atoms with E-state index < -0.39 is 0 Å². The van der Waals surface area contributed by atoms with Crippen LogP contribution < -0.4 is 10.6 Å². The Morgan fingerprint density at radius 1 is 1.10 bits per heavy atom. The topological polar surface area (TPSA) is 41.1 Å². The summed E-state index contributed by atoms with van der Waals surface area (Å²) in [5.74, 6) is 0.0155. The summed E-state index contributed by atoms with van der Waals surface area (Å²) < 4.78 is 0. The first-order chi connectivity index (χ1) is 10.0. The summed E-state index contributed by atoms with van der Waals surface area (Å²) in [4.78, 5) is 12.4. The first-order valence-corrected chi connectivity index (χ1v) is 8.21. The third-order valence-corrected chi connectivity index (χ3v) is 3.48. The van der Waals surface area contributed by atoms with E-state index in [2.05, 4.69) is 38.3 Å². The fourth-order valence-electron chi connectivity index (χ4n) is 2.37. The fourth-order valence-corrected chi connectivity index (χ4v) is 2.37. The second-order valence-corrected chi connectivity index (χ2v) is 6.07. The van der Waals surface area contributed by atoms with Gasteiger partial charge in [-0.15, -0.1) is 0 Å². The summed E-state index contributed by atoms with van der Waals surface area (Å²) in [5, 5.41) is 6.43. The predicted octanol–water partition coefficient (Wildman–Crippen LogP) is 4.60. The molecule has 1 rings (SSSR count). The van der Waals surface area contributed by atoms with E-state index in [-0.39, 0.29) is 11.9 Å². The number of rotatable bonds is 9. The van der Waals surface area contributed by atoms with E-state index in [1.54, 1.807) is 0 Å². The number of anilines is 1. The van der Waals surface area contributed by atoms with Crippen molar-refractivity contribution < 1.29 is 4.79 Å². The third kappa shape index (κ3) is 6.65. The van der Waals surface area contributed by atoms with Gasteiger partial charge < -0.3 is 10.6 Å². The zero-order valence-corrected chi connectivity index (χ0v) is 13.9. The van der Waals surface area contributed by atoms with E-state index in [0.717, 1.165) is 17.7 Å². The van der Waals surface area contributed by atoms with E-state index in [4.69, 9.17) is 0 Å². The highest BCUT2D eigenvalue weighted by Crippen LogP contribution is 2.16. The number of para-hydroxylation sites is 1. The van der Waals surface area contributed by atoms with Gasteiger partial charge in [-0.05, 0) is 39.3 Å². The molecule has 1 aromatic carbocycles. The lowest BCUT2D eigenvalue weighted by Crippen LogP contribution is -2.33. The molecule has 0 aliphatic heterocycles. The first kappa shape index (κ1) is 17.5. The zero-order chi connectivity index (χ0) is 15.7. The Balaban J connectivity index is 2.54. The number of nitrogens with one attached hydrogen (secondary N) is 2. The van der Waals surface area contributed by atoms with Crippen molar-refractivity contribution in [3.63, 3.8) is 0 Å². The molecule has 0 aliphatic rings. The minimum absolute atomic E-state index is 0.0155. The largest absolute Gasteiger partial charge is 0.382 e. The van der Waals surface area contributed by atoms with Crippen molar-refractivity contribution in [2.24, 2.45) is 0 Å². The second-order valence-electron chi connectivity index (χ2n) is 6.07. The van der Waals surface area contributed by atoms with Gasteiger partial charge in [0, 0.05) is 17.8 Å².